The third-order valence-corrected chi connectivity index (χ3v) is 7.10. The molecule has 1 aliphatic carbocycles. The van der Waals surface area contributed by atoms with Crippen molar-refractivity contribution in [3.63, 3.8) is 0 Å². The third-order valence-electron chi connectivity index (χ3n) is 7.10. The van der Waals surface area contributed by atoms with Crippen molar-refractivity contribution in [3.05, 3.63) is 60.0 Å². The molecule has 0 spiro atoms. The van der Waals surface area contributed by atoms with Gasteiger partial charge in [0, 0.05) is 17.7 Å². The first-order chi connectivity index (χ1) is 17.0. The van der Waals surface area contributed by atoms with Crippen LogP contribution in [0.3, 0.4) is 0 Å². The van der Waals surface area contributed by atoms with Gasteiger partial charge in [0.25, 0.3) is 5.91 Å². The number of hydrogen-bond donors (Lipinski definition) is 1. The van der Waals surface area contributed by atoms with Crippen LogP contribution in [-0.2, 0) is 17.9 Å². The van der Waals surface area contributed by atoms with Crippen molar-refractivity contribution in [2.45, 2.75) is 70.6 Å². The SMILES string of the molecule is CCOc1ccccc1CN1C(=O)c2cc(-c3ccco3)nn2CC1(C)C(=O)NC1CCCCC1. The highest BCUT2D eigenvalue weighted by molar-refractivity contribution is 6.00. The van der Waals surface area contributed by atoms with Crippen LogP contribution in [0.1, 0.15) is 62.0 Å². The Morgan fingerprint density at radius 1 is 1.20 bits per heavy atom. The minimum Gasteiger partial charge on any atom is -0.494 e. The molecule has 3 heterocycles. The fraction of sp³-hybridized carbons (Fsp3) is 0.444. The fourth-order valence-corrected chi connectivity index (χ4v) is 5.12. The number of hydrogen-bond acceptors (Lipinski definition) is 5. The smallest absolute Gasteiger partial charge is 0.273 e. The average Bonchev–Trinajstić information content (AvgIpc) is 3.54. The van der Waals surface area contributed by atoms with Crippen LogP contribution in [0.15, 0.2) is 53.1 Å². The second-order valence-corrected chi connectivity index (χ2v) is 9.56. The molecule has 3 aromatic rings. The molecule has 0 radical (unpaired) electrons. The van der Waals surface area contributed by atoms with Crippen LogP contribution in [0.4, 0.5) is 0 Å². The topological polar surface area (TPSA) is 89.6 Å². The third kappa shape index (κ3) is 4.45. The maximum Gasteiger partial charge on any atom is 0.273 e. The number of aromatic nitrogens is 2. The van der Waals surface area contributed by atoms with Crippen LogP contribution >= 0.6 is 0 Å². The largest absolute Gasteiger partial charge is 0.494 e. The fourth-order valence-electron chi connectivity index (χ4n) is 5.12. The molecule has 1 saturated carbocycles. The zero-order chi connectivity index (χ0) is 24.4. The molecule has 2 aliphatic rings. The van der Waals surface area contributed by atoms with Crippen molar-refractivity contribution in [2.24, 2.45) is 0 Å². The Kier molecular flexibility index (Phi) is 6.36. The molecule has 35 heavy (non-hydrogen) atoms. The summed E-state index contributed by atoms with van der Waals surface area (Å²) in [5.41, 5.74) is 0.754. The van der Waals surface area contributed by atoms with E-state index in [9.17, 15) is 9.59 Å². The van der Waals surface area contributed by atoms with Gasteiger partial charge in [-0.05, 0) is 44.9 Å². The Morgan fingerprint density at radius 2 is 2.00 bits per heavy atom. The van der Waals surface area contributed by atoms with E-state index in [-0.39, 0.29) is 30.9 Å². The van der Waals surface area contributed by atoms with Gasteiger partial charge in [-0.3, -0.25) is 14.3 Å². The Balaban J connectivity index is 1.52. The number of fused-ring (bicyclic) bond motifs is 1. The van der Waals surface area contributed by atoms with E-state index >= 15 is 0 Å². The maximum atomic E-state index is 13.9. The predicted octanol–water partition coefficient (Wildman–Crippen LogP) is 4.41. The minimum atomic E-state index is -1.12. The molecule has 1 atom stereocenters. The van der Waals surface area contributed by atoms with Crippen LogP contribution in [0.5, 0.6) is 5.75 Å². The van der Waals surface area contributed by atoms with E-state index in [1.807, 2.05) is 44.2 Å². The summed E-state index contributed by atoms with van der Waals surface area (Å²) in [7, 11) is 0. The van der Waals surface area contributed by atoms with Gasteiger partial charge in [0.2, 0.25) is 5.91 Å². The number of rotatable bonds is 7. The molecule has 1 N–H and O–H groups in total. The number of carbonyl (C=O) groups excluding carboxylic acids is 2. The Morgan fingerprint density at radius 3 is 2.74 bits per heavy atom. The number of nitrogens with zero attached hydrogens (tertiary/aromatic N) is 3. The van der Waals surface area contributed by atoms with Crippen molar-refractivity contribution in [1.29, 1.82) is 0 Å². The lowest BCUT2D eigenvalue weighted by Gasteiger charge is -2.44. The standard InChI is InChI=1S/C27H32N4O4/c1-3-34-23-13-8-7-10-19(23)17-30-25(32)22-16-21(24-14-9-15-35-24)29-31(22)18-27(30,2)26(33)28-20-11-5-4-6-12-20/h7-10,13-16,20H,3-6,11-12,17-18H2,1-2H3,(H,28,33). The highest BCUT2D eigenvalue weighted by atomic mass is 16.5. The van der Waals surface area contributed by atoms with Gasteiger partial charge in [-0.2, -0.15) is 5.10 Å². The van der Waals surface area contributed by atoms with Gasteiger partial charge in [-0.1, -0.05) is 37.5 Å². The molecule has 0 bridgehead atoms. The van der Waals surface area contributed by atoms with Crippen molar-refractivity contribution in [2.75, 3.05) is 6.61 Å². The Labute approximate surface area is 205 Å². The summed E-state index contributed by atoms with van der Waals surface area (Å²) in [6.07, 6.45) is 6.95. The van der Waals surface area contributed by atoms with Crippen molar-refractivity contribution in [1.82, 2.24) is 20.0 Å². The summed E-state index contributed by atoms with van der Waals surface area (Å²) < 4.78 is 13.0. The zero-order valence-corrected chi connectivity index (χ0v) is 20.3. The quantitative estimate of drug-likeness (QED) is 0.546. The second kappa shape index (κ2) is 9.60. The molecule has 184 valence electrons. The molecule has 2 amide bonds. The Bertz CT molecular complexity index is 1200. The van der Waals surface area contributed by atoms with Crippen molar-refractivity contribution >= 4 is 11.8 Å². The van der Waals surface area contributed by atoms with E-state index in [0.717, 1.165) is 31.2 Å². The average molecular weight is 477 g/mol. The molecule has 1 aromatic carbocycles. The highest BCUT2D eigenvalue weighted by Crippen LogP contribution is 2.33. The van der Waals surface area contributed by atoms with Crippen molar-refractivity contribution in [3.8, 4) is 17.2 Å². The summed E-state index contributed by atoms with van der Waals surface area (Å²) in [5.74, 6) is 0.913. The molecule has 5 rings (SSSR count). The van der Waals surface area contributed by atoms with Gasteiger partial charge in [0.1, 0.15) is 22.7 Å². The molecule has 1 fully saturated rings. The normalized spacial score (nSPS) is 20.5. The first kappa shape index (κ1) is 23.2. The molecular weight excluding hydrogens is 444 g/mol. The Hall–Kier alpha value is -3.55. The molecular formula is C27H32N4O4. The van der Waals surface area contributed by atoms with E-state index in [1.165, 1.54) is 6.42 Å². The van der Waals surface area contributed by atoms with Gasteiger partial charge >= 0.3 is 0 Å². The van der Waals surface area contributed by atoms with Crippen LogP contribution in [0, 0.1) is 0 Å². The number of amides is 2. The van der Waals surface area contributed by atoms with Crippen LogP contribution in [-0.4, -0.2) is 44.7 Å². The molecule has 2 aromatic heterocycles. The molecule has 1 unspecified atom stereocenters. The minimum absolute atomic E-state index is 0.137. The van der Waals surface area contributed by atoms with Crippen molar-refractivity contribution < 1.29 is 18.7 Å². The molecule has 8 nitrogen and oxygen atoms in total. The lowest BCUT2D eigenvalue weighted by molar-refractivity contribution is -0.134. The van der Waals surface area contributed by atoms with E-state index < -0.39 is 5.54 Å². The number of nitrogens with one attached hydrogen (secondary N) is 1. The lowest BCUT2D eigenvalue weighted by Crippen LogP contribution is -2.64. The van der Waals surface area contributed by atoms with E-state index in [4.69, 9.17) is 9.15 Å². The van der Waals surface area contributed by atoms with Gasteiger partial charge in [-0.25, -0.2) is 0 Å². The molecule has 1 aliphatic heterocycles. The number of ether oxygens (including phenoxy) is 1. The van der Waals surface area contributed by atoms with Gasteiger partial charge in [0.05, 0.1) is 26.0 Å². The van der Waals surface area contributed by atoms with Gasteiger partial charge in [-0.15, -0.1) is 0 Å². The molecule has 8 heteroatoms. The van der Waals surface area contributed by atoms with E-state index in [0.29, 0.717) is 29.5 Å². The maximum absolute atomic E-state index is 13.9. The zero-order valence-electron chi connectivity index (χ0n) is 20.3. The lowest BCUT2D eigenvalue weighted by atomic mass is 9.91. The number of para-hydroxylation sites is 1. The monoisotopic (exact) mass is 476 g/mol. The summed E-state index contributed by atoms with van der Waals surface area (Å²) in [6.45, 7) is 4.79. The van der Waals surface area contributed by atoms with Crippen LogP contribution in [0.2, 0.25) is 0 Å². The molecule has 0 saturated heterocycles. The van der Waals surface area contributed by atoms with E-state index in [1.54, 1.807) is 28.0 Å². The first-order valence-corrected chi connectivity index (χ1v) is 12.4. The number of benzene rings is 1. The van der Waals surface area contributed by atoms with Gasteiger partial charge < -0.3 is 19.4 Å². The predicted molar refractivity (Wildman–Crippen MR) is 131 cm³/mol. The van der Waals surface area contributed by atoms with Crippen LogP contribution < -0.4 is 10.1 Å². The highest BCUT2D eigenvalue weighted by Gasteiger charge is 2.48. The van der Waals surface area contributed by atoms with E-state index in [2.05, 4.69) is 10.4 Å². The second-order valence-electron chi connectivity index (χ2n) is 9.56. The summed E-state index contributed by atoms with van der Waals surface area (Å²) in [4.78, 5) is 29.4. The summed E-state index contributed by atoms with van der Waals surface area (Å²) >= 11 is 0. The van der Waals surface area contributed by atoms with Crippen LogP contribution in [0.25, 0.3) is 11.5 Å². The number of carbonyl (C=O) groups is 2. The summed E-state index contributed by atoms with van der Waals surface area (Å²) in [5, 5.41) is 7.87. The number of furan rings is 1. The summed E-state index contributed by atoms with van der Waals surface area (Å²) in [6, 6.07) is 13.1. The van der Waals surface area contributed by atoms with Gasteiger partial charge in [0.15, 0.2) is 5.76 Å². The first-order valence-electron chi connectivity index (χ1n) is 12.4.